The van der Waals surface area contributed by atoms with Gasteiger partial charge in [0.2, 0.25) is 0 Å². The van der Waals surface area contributed by atoms with E-state index < -0.39 is 18.7 Å². The number of halogens is 2. The zero-order chi connectivity index (χ0) is 17.8. The molecule has 0 fully saturated rings. The van der Waals surface area contributed by atoms with Crippen LogP contribution in [-0.2, 0) is 4.74 Å². The molecule has 0 unspecified atom stereocenters. The van der Waals surface area contributed by atoms with Crippen LogP contribution in [-0.4, -0.2) is 17.6 Å². The molecule has 0 spiro atoms. The fourth-order valence-corrected chi connectivity index (χ4v) is 2.41. The van der Waals surface area contributed by atoms with Gasteiger partial charge in [0.1, 0.15) is 11.9 Å². The third kappa shape index (κ3) is 4.09. The monoisotopic (exact) mass is 343 g/mol. The molecule has 0 aliphatic carbocycles. The van der Waals surface area contributed by atoms with Gasteiger partial charge in [0.05, 0.1) is 11.1 Å². The van der Waals surface area contributed by atoms with Gasteiger partial charge >= 0.3 is 12.6 Å². The van der Waals surface area contributed by atoms with Crippen molar-refractivity contribution in [1.82, 2.24) is 4.98 Å². The number of alkyl halides is 2. The highest BCUT2D eigenvalue weighted by molar-refractivity contribution is 5.90. The van der Waals surface area contributed by atoms with Gasteiger partial charge in [0, 0.05) is 17.1 Å². The first-order chi connectivity index (χ1) is 12.0. The number of hydrogen-bond donors (Lipinski definition) is 0. The molecule has 1 atom stereocenters. The first-order valence-corrected chi connectivity index (χ1v) is 7.63. The highest BCUT2D eigenvalue weighted by Crippen LogP contribution is 2.23. The van der Waals surface area contributed by atoms with Crippen LogP contribution in [0.3, 0.4) is 0 Å². The van der Waals surface area contributed by atoms with Gasteiger partial charge in [-0.3, -0.25) is 4.98 Å². The number of ether oxygens (including phenoxy) is 2. The fraction of sp³-hybridized carbons (Fsp3) is 0.158. The number of aromatic nitrogens is 1. The molecular formula is C19H15F2NO3. The smallest absolute Gasteiger partial charge is 0.387 e. The van der Waals surface area contributed by atoms with Gasteiger partial charge in [-0.05, 0) is 37.3 Å². The molecule has 0 aliphatic heterocycles. The van der Waals surface area contributed by atoms with Crippen molar-refractivity contribution in [3.8, 4) is 5.75 Å². The average Bonchev–Trinajstić information content (AvgIpc) is 2.61. The molecular weight excluding hydrogens is 328 g/mol. The van der Waals surface area contributed by atoms with Crippen LogP contribution in [0.1, 0.15) is 28.9 Å². The van der Waals surface area contributed by atoms with Crippen molar-refractivity contribution in [2.24, 2.45) is 0 Å². The van der Waals surface area contributed by atoms with Gasteiger partial charge in [-0.15, -0.1) is 0 Å². The minimum absolute atomic E-state index is 0.0931. The molecule has 3 rings (SSSR count). The second kappa shape index (κ2) is 7.25. The Labute approximate surface area is 143 Å². The summed E-state index contributed by atoms with van der Waals surface area (Å²) in [5.74, 6) is -0.718. The maximum Gasteiger partial charge on any atom is 0.387 e. The number of esters is 1. The Morgan fingerprint density at radius 2 is 1.88 bits per heavy atom. The number of rotatable bonds is 5. The van der Waals surface area contributed by atoms with E-state index >= 15 is 0 Å². The SMILES string of the molecule is C[C@H](OC(=O)c1cccc(OC(F)F)c1)c1cnc2ccccc2c1. The van der Waals surface area contributed by atoms with E-state index in [0.29, 0.717) is 0 Å². The van der Waals surface area contributed by atoms with Crippen LogP contribution in [0.5, 0.6) is 5.75 Å². The molecule has 0 radical (unpaired) electrons. The van der Waals surface area contributed by atoms with Crippen LogP contribution in [0.4, 0.5) is 8.78 Å². The first kappa shape index (κ1) is 16.8. The van der Waals surface area contributed by atoms with Crippen LogP contribution in [0.25, 0.3) is 10.9 Å². The van der Waals surface area contributed by atoms with Crippen molar-refractivity contribution in [2.75, 3.05) is 0 Å². The van der Waals surface area contributed by atoms with Crippen molar-refractivity contribution >= 4 is 16.9 Å². The number of hydrogen-bond acceptors (Lipinski definition) is 4. The molecule has 6 heteroatoms. The summed E-state index contributed by atoms with van der Waals surface area (Å²) in [6.45, 7) is -1.22. The molecule has 0 bridgehead atoms. The molecule has 1 aromatic heterocycles. The summed E-state index contributed by atoms with van der Waals surface area (Å²) >= 11 is 0. The number of carbonyl (C=O) groups excluding carboxylic acids is 1. The lowest BCUT2D eigenvalue weighted by atomic mass is 10.1. The number of carbonyl (C=O) groups is 1. The van der Waals surface area contributed by atoms with E-state index in [1.807, 2.05) is 30.3 Å². The average molecular weight is 343 g/mol. The Kier molecular flexibility index (Phi) is 4.88. The number of benzene rings is 2. The molecule has 2 aromatic carbocycles. The second-order valence-corrected chi connectivity index (χ2v) is 5.42. The maximum absolute atomic E-state index is 12.3. The highest BCUT2D eigenvalue weighted by Gasteiger charge is 2.16. The third-order valence-electron chi connectivity index (χ3n) is 3.66. The summed E-state index contributed by atoms with van der Waals surface area (Å²) in [6, 6.07) is 15.0. The van der Waals surface area contributed by atoms with Crippen molar-refractivity contribution in [2.45, 2.75) is 19.6 Å². The van der Waals surface area contributed by atoms with Gasteiger partial charge in [-0.1, -0.05) is 24.3 Å². The lowest BCUT2D eigenvalue weighted by Crippen LogP contribution is -2.10. The molecule has 0 amide bonds. The number of fused-ring (bicyclic) bond motifs is 1. The normalized spacial score (nSPS) is 12.2. The van der Waals surface area contributed by atoms with E-state index in [9.17, 15) is 13.6 Å². The van der Waals surface area contributed by atoms with Gasteiger partial charge in [0.25, 0.3) is 0 Å². The van der Waals surface area contributed by atoms with Gasteiger partial charge in [0.15, 0.2) is 0 Å². The van der Waals surface area contributed by atoms with Crippen molar-refractivity contribution < 1.29 is 23.0 Å². The summed E-state index contributed by atoms with van der Waals surface area (Å²) in [5, 5.41) is 0.940. The molecule has 0 aliphatic rings. The molecule has 0 N–H and O–H groups in total. The lowest BCUT2D eigenvalue weighted by Gasteiger charge is -2.14. The Morgan fingerprint density at radius 1 is 1.08 bits per heavy atom. The van der Waals surface area contributed by atoms with Crippen LogP contribution in [0.2, 0.25) is 0 Å². The Balaban J connectivity index is 1.75. The molecule has 25 heavy (non-hydrogen) atoms. The highest BCUT2D eigenvalue weighted by atomic mass is 19.3. The number of pyridine rings is 1. The van der Waals surface area contributed by atoms with Crippen LogP contribution in [0.15, 0.2) is 60.8 Å². The lowest BCUT2D eigenvalue weighted by molar-refractivity contribution is -0.0499. The third-order valence-corrected chi connectivity index (χ3v) is 3.66. The predicted molar refractivity (Wildman–Crippen MR) is 88.6 cm³/mol. The topological polar surface area (TPSA) is 48.4 Å². The molecule has 1 heterocycles. The Bertz CT molecular complexity index is 898. The molecule has 3 aromatic rings. The van der Waals surface area contributed by atoms with Crippen LogP contribution >= 0.6 is 0 Å². The summed E-state index contributed by atoms with van der Waals surface area (Å²) in [6.07, 6.45) is 1.11. The zero-order valence-electron chi connectivity index (χ0n) is 13.4. The van der Waals surface area contributed by atoms with Gasteiger partial charge in [-0.2, -0.15) is 8.78 Å². The quantitative estimate of drug-likeness (QED) is 0.627. The van der Waals surface area contributed by atoms with E-state index in [1.54, 1.807) is 13.1 Å². The zero-order valence-corrected chi connectivity index (χ0v) is 13.4. The summed E-state index contributed by atoms with van der Waals surface area (Å²) in [7, 11) is 0. The fourth-order valence-electron chi connectivity index (χ4n) is 2.41. The number of nitrogens with zero attached hydrogens (tertiary/aromatic N) is 1. The van der Waals surface area contributed by atoms with E-state index in [4.69, 9.17) is 4.74 Å². The maximum atomic E-state index is 12.3. The van der Waals surface area contributed by atoms with Gasteiger partial charge in [-0.25, -0.2) is 4.79 Å². The predicted octanol–water partition coefficient (Wildman–Crippen LogP) is 4.75. The van der Waals surface area contributed by atoms with E-state index in [1.165, 1.54) is 24.3 Å². The molecule has 0 saturated heterocycles. The van der Waals surface area contributed by atoms with Crippen molar-refractivity contribution in [1.29, 1.82) is 0 Å². The van der Waals surface area contributed by atoms with E-state index in [-0.39, 0.29) is 11.3 Å². The summed E-state index contributed by atoms with van der Waals surface area (Å²) < 4.78 is 34.2. The second-order valence-electron chi connectivity index (χ2n) is 5.42. The number of para-hydroxylation sites is 1. The summed E-state index contributed by atoms with van der Waals surface area (Å²) in [4.78, 5) is 16.6. The van der Waals surface area contributed by atoms with Crippen LogP contribution < -0.4 is 4.74 Å². The van der Waals surface area contributed by atoms with Crippen LogP contribution in [0, 0.1) is 0 Å². The van der Waals surface area contributed by atoms with E-state index in [0.717, 1.165) is 16.5 Å². The molecule has 0 saturated carbocycles. The molecule has 4 nitrogen and oxygen atoms in total. The standard InChI is InChI=1S/C19H15F2NO3/c1-12(15-9-13-5-2-3-8-17(13)22-11-15)24-18(23)14-6-4-7-16(10-14)25-19(20)21/h2-12,19H,1H3/t12-/m0/s1. The van der Waals surface area contributed by atoms with Gasteiger partial charge < -0.3 is 9.47 Å². The molecule has 128 valence electrons. The van der Waals surface area contributed by atoms with Crippen molar-refractivity contribution in [3.05, 3.63) is 71.9 Å². The first-order valence-electron chi connectivity index (χ1n) is 7.63. The minimum Gasteiger partial charge on any atom is -0.454 e. The minimum atomic E-state index is -2.95. The van der Waals surface area contributed by atoms with Crippen molar-refractivity contribution in [3.63, 3.8) is 0 Å². The van der Waals surface area contributed by atoms with E-state index in [2.05, 4.69) is 9.72 Å². The summed E-state index contributed by atoms with van der Waals surface area (Å²) in [5.41, 5.74) is 1.73. The Morgan fingerprint density at radius 3 is 2.68 bits per heavy atom. The Hall–Kier alpha value is -3.02. The largest absolute Gasteiger partial charge is 0.454 e.